The topological polar surface area (TPSA) is 49.8 Å². The van der Waals surface area contributed by atoms with Crippen molar-refractivity contribution in [3.63, 3.8) is 0 Å². The minimum Gasteiger partial charge on any atom is -0.507 e. The molecule has 1 aromatic rings. The van der Waals surface area contributed by atoms with Crippen molar-refractivity contribution in [1.29, 1.82) is 0 Å². The van der Waals surface area contributed by atoms with Gasteiger partial charge < -0.3 is 14.7 Å². The van der Waals surface area contributed by atoms with Gasteiger partial charge in [0.25, 0.3) is 5.91 Å². The van der Waals surface area contributed by atoms with Crippen LogP contribution in [-0.4, -0.2) is 42.2 Å². The maximum atomic E-state index is 12.3. The first-order chi connectivity index (χ1) is 8.61. The van der Waals surface area contributed by atoms with E-state index in [0.717, 1.165) is 17.3 Å². The molecule has 18 heavy (non-hydrogen) atoms. The third-order valence-electron chi connectivity index (χ3n) is 3.19. The van der Waals surface area contributed by atoms with Crippen LogP contribution in [0.25, 0.3) is 0 Å². The zero-order valence-electron chi connectivity index (χ0n) is 10.2. The third kappa shape index (κ3) is 2.84. The standard InChI is InChI=1S/C13H16BrNO3/c1-18-10-3-2-6-15(8-10)13(17)11-7-9(14)4-5-12(11)16/h4-5,7,10,16H,2-3,6,8H2,1H3. The quantitative estimate of drug-likeness (QED) is 0.912. The Hall–Kier alpha value is -1.07. The molecule has 0 aliphatic carbocycles. The molecule has 0 bridgehead atoms. The number of benzene rings is 1. The largest absolute Gasteiger partial charge is 0.507 e. The van der Waals surface area contributed by atoms with Gasteiger partial charge in [0.05, 0.1) is 11.7 Å². The third-order valence-corrected chi connectivity index (χ3v) is 3.68. The fourth-order valence-corrected chi connectivity index (χ4v) is 2.53. The van der Waals surface area contributed by atoms with Crippen LogP contribution in [0, 0.1) is 0 Å². The van der Waals surface area contributed by atoms with Crippen LogP contribution in [-0.2, 0) is 4.74 Å². The zero-order valence-corrected chi connectivity index (χ0v) is 11.8. The average Bonchev–Trinajstić information content (AvgIpc) is 2.41. The highest BCUT2D eigenvalue weighted by Crippen LogP contribution is 2.24. The number of phenols is 1. The lowest BCUT2D eigenvalue weighted by Crippen LogP contribution is -2.42. The predicted octanol–water partition coefficient (Wildman–Crippen LogP) is 2.41. The lowest BCUT2D eigenvalue weighted by Gasteiger charge is -2.32. The van der Waals surface area contributed by atoms with E-state index in [1.54, 1.807) is 24.1 Å². The molecule has 1 saturated heterocycles. The van der Waals surface area contributed by atoms with Crippen molar-refractivity contribution in [1.82, 2.24) is 4.90 Å². The summed E-state index contributed by atoms with van der Waals surface area (Å²) in [6, 6.07) is 4.88. The summed E-state index contributed by atoms with van der Waals surface area (Å²) in [4.78, 5) is 14.1. The molecule has 0 aromatic heterocycles. The summed E-state index contributed by atoms with van der Waals surface area (Å²) in [7, 11) is 1.66. The summed E-state index contributed by atoms with van der Waals surface area (Å²) in [5.41, 5.74) is 0.334. The first-order valence-electron chi connectivity index (χ1n) is 5.92. The van der Waals surface area contributed by atoms with E-state index in [-0.39, 0.29) is 17.8 Å². The molecule has 1 aliphatic heterocycles. The first kappa shape index (κ1) is 13.4. The highest BCUT2D eigenvalue weighted by molar-refractivity contribution is 9.10. The molecule has 0 radical (unpaired) electrons. The van der Waals surface area contributed by atoms with Crippen LogP contribution in [0.5, 0.6) is 5.75 Å². The molecular weight excluding hydrogens is 298 g/mol. The molecule has 4 nitrogen and oxygen atoms in total. The van der Waals surface area contributed by atoms with Crippen LogP contribution >= 0.6 is 15.9 Å². The SMILES string of the molecule is COC1CCCN(C(=O)c2cc(Br)ccc2O)C1. The van der Waals surface area contributed by atoms with Gasteiger partial charge in [-0.25, -0.2) is 0 Å². The van der Waals surface area contributed by atoms with Gasteiger partial charge in [0.1, 0.15) is 5.75 Å². The Morgan fingerprint density at radius 3 is 3.06 bits per heavy atom. The Morgan fingerprint density at radius 2 is 2.33 bits per heavy atom. The molecule has 1 heterocycles. The molecule has 2 rings (SSSR count). The van der Waals surface area contributed by atoms with Crippen LogP contribution in [0.1, 0.15) is 23.2 Å². The molecule has 5 heteroatoms. The van der Waals surface area contributed by atoms with E-state index in [1.807, 2.05) is 0 Å². The second-order valence-electron chi connectivity index (χ2n) is 4.41. The number of likely N-dealkylation sites (tertiary alicyclic amines) is 1. The summed E-state index contributed by atoms with van der Waals surface area (Å²) in [5.74, 6) is -0.127. The first-order valence-corrected chi connectivity index (χ1v) is 6.71. The molecule has 1 amide bonds. The predicted molar refractivity (Wildman–Crippen MR) is 71.7 cm³/mol. The van der Waals surface area contributed by atoms with Gasteiger partial charge in [-0.2, -0.15) is 0 Å². The van der Waals surface area contributed by atoms with Gasteiger partial charge in [-0.3, -0.25) is 4.79 Å². The van der Waals surface area contributed by atoms with Crippen molar-refractivity contribution in [3.05, 3.63) is 28.2 Å². The van der Waals surface area contributed by atoms with Crippen LogP contribution in [0.4, 0.5) is 0 Å². The van der Waals surface area contributed by atoms with Crippen molar-refractivity contribution in [2.45, 2.75) is 18.9 Å². The normalized spacial score (nSPS) is 19.9. The number of nitrogens with zero attached hydrogens (tertiary/aromatic N) is 1. The molecule has 1 fully saturated rings. The maximum absolute atomic E-state index is 12.3. The molecule has 1 aromatic carbocycles. The van der Waals surface area contributed by atoms with Gasteiger partial charge >= 0.3 is 0 Å². The van der Waals surface area contributed by atoms with Gasteiger partial charge in [-0.15, -0.1) is 0 Å². The lowest BCUT2D eigenvalue weighted by molar-refractivity contribution is 0.0267. The molecule has 1 atom stereocenters. The van der Waals surface area contributed by atoms with Gasteiger partial charge in [0.15, 0.2) is 0 Å². The minimum atomic E-state index is -0.143. The van der Waals surface area contributed by atoms with Gasteiger partial charge in [0, 0.05) is 24.7 Å². The fraction of sp³-hybridized carbons (Fsp3) is 0.462. The Kier molecular flexibility index (Phi) is 4.24. The highest BCUT2D eigenvalue weighted by Gasteiger charge is 2.25. The number of amides is 1. The van der Waals surface area contributed by atoms with Gasteiger partial charge in [0.2, 0.25) is 0 Å². The molecule has 0 saturated carbocycles. The number of hydrogen-bond donors (Lipinski definition) is 1. The van der Waals surface area contributed by atoms with Crippen molar-refractivity contribution in [3.8, 4) is 5.75 Å². The Bertz CT molecular complexity index is 450. The van der Waals surface area contributed by atoms with Crippen LogP contribution < -0.4 is 0 Å². The molecule has 98 valence electrons. The number of aromatic hydroxyl groups is 1. The van der Waals surface area contributed by atoms with Gasteiger partial charge in [-0.1, -0.05) is 15.9 Å². The summed E-state index contributed by atoms with van der Waals surface area (Å²) in [6.07, 6.45) is 2.00. The summed E-state index contributed by atoms with van der Waals surface area (Å²) in [6.45, 7) is 1.30. The number of carbonyl (C=O) groups excluding carboxylic acids is 1. The van der Waals surface area contributed by atoms with Gasteiger partial charge in [-0.05, 0) is 31.0 Å². The Morgan fingerprint density at radius 1 is 1.56 bits per heavy atom. The summed E-state index contributed by atoms with van der Waals surface area (Å²) < 4.78 is 6.08. The number of ether oxygens (including phenoxy) is 1. The molecule has 1 aliphatic rings. The number of hydrogen-bond acceptors (Lipinski definition) is 3. The number of methoxy groups -OCH3 is 1. The fourth-order valence-electron chi connectivity index (χ4n) is 2.16. The second kappa shape index (κ2) is 5.71. The molecule has 0 spiro atoms. The average molecular weight is 314 g/mol. The van der Waals surface area contributed by atoms with Crippen LogP contribution in [0.3, 0.4) is 0 Å². The molecule has 1 N–H and O–H groups in total. The Balaban J connectivity index is 2.17. The summed E-state index contributed by atoms with van der Waals surface area (Å²) >= 11 is 3.31. The van der Waals surface area contributed by atoms with Crippen LogP contribution in [0.15, 0.2) is 22.7 Å². The maximum Gasteiger partial charge on any atom is 0.257 e. The van der Waals surface area contributed by atoms with Crippen LogP contribution in [0.2, 0.25) is 0 Å². The molecule has 1 unspecified atom stereocenters. The highest BCUT2D eigenvalue weighted by atomic mass is 79.9. The number of carbonyl (C=O) groups is 1. The minimum absolute atomic E-state index is 0.0164. The number of piperidine rings is 1. The van der Waals surface area contributed by atoms with Crippen molar-refractivity contribution in [2.24, 2.45) is 0 Å². The Labute approximate surface area is 115 Å². The summed E-state index contributed by atoms with van der Waals surface area (Å²) in [5, 5.41) is 9.76. The zero-order chi connectivity index (χ0) is 13.1. The lowest BCUT2D eigenvalue weighted by atomic mass is 10.1. The van der Waals surface area contributed by atoms with E-state index in [2.05, 4.69) is 15.9 Å². The van der Waals surface area contributed by atoms with Crippen molar-refractivity contribution >= 4 is 21.8 Å². The van der Waals surface area contributed by atoms with Crippen molar-refractivity contribution < 1.29 is 14.6 Å². The number of halogens is 1. The number of phenolic OH excluding ortho intramolecular Hbond substituents is 1. The van der Waals surface area contributed by atoms with E-state index >= 15 is 0 Å². The van der Waals surface area contributed by atoms with E-state index in [9.17, 15) is 9.90 Å². The van der Waals surface area contributed by atoms with E-state index in [1.165, 1.54) is 6.07 Å². The monoisotopic (exact) mass is 313 g/mol. The smallest absolute Gasteiger partial charge is 0.257 e. The second-order valence-corrected chi connectivity index (χ2v) is 5.33. The van der Waals surface area contributed by atoms with E-state index < -0.39 is 0 Å². The van der Waals surface area contributed by atoms with Crippen molar-refractivity contribution in [2.75, 3.05) is 20.2 Å². The van der Waals surface area contributed by atoms with E-state index in [0.29, 0.717) is 18.7 Å². The molecular formula is C13H16BrNO3. The number of rotatable bonds is 2. The van der Waals surface area contributed by atoms with E-state index in [4.69, 9.17) is 4.74 Å².